The summed E-state index contributed by atoms with van der Waals surface area (Å²) in [6.07, 6.45) is 0. The standard InChI is InChI=1S/C27H23FN2O5/c1-16(29-35-3)17-6-12-21(13-7-17)30-24(18-4-10-20(28)11-5-18)23(26(32)27(30)33)25(31)19-8-14-22(34-2)15-9-19/h4-15,24,31H,1-3H3/b25-23?,29-16+. The van der Waals surface area contributed by atoms with E-state index >= 15 is 0 Å². The second-order valence-electron chi connectivity index (χ2n) is 7.86. The molecule has 1 aliphatic rings. The van der Waals surface area contributed by atoms with Gasteiger partial charge in [-0.05, 0) is 66.6 Å². The largest absolute Gasteiger partial charge is 0.507 e. The van der Waals surface area contributed by atoms with Crippen LogP contribution in [0.25, 0.3) is 5.76 Å². The van der Waals surface area contributed by atoms with E-state index in [1.165, 1.54) is 43.4 Å². The molecule has 8 heteroatoms. The average Bonchev–Trinajstić information content (AvgIpc) is 3.14. The van der Waals surface area contributed by atoms with Gasteiger partial charge in [0.25, 0.3) is 11.7 Å². The smallest absolute Gasteiger partial charge is 0.300 e. The zero-order valence-electron chi connectivity index (χ0n) is 19.4. The topological polar surface area (TPSA) is 88.4 Å². The predicted molar refractivity (Wildman–Crippen MR) is 130 cm³/mol. The Bertz CT molecular complexity index is 1310. The molecule has 1 saturated heterocycles. The summed E-state index contributed by atoms with van der Waals surface area (Å²) in [6.45, 7) is 1.78. The van der Waals surface area contributed by atoms with Crippen LogP contribution in [0, 0.1) is 5.82 Å². The molecule has 35 heavy (non-hydrogen) atoms. The van der Waals surface area contributed by atoms with Gasteiger partial charge in [-0.1, -0.05) is 29.4 Å². The molecule has 1 N–H and O–H groups in total. The number of oxime groups is 1. The van der Waals surface area contributed by atoms with Crippen molar-refractivity contribution in [1.82, 2.24) is 0 Å². The van der Waals surface area contributed by atoms with Crippen LogP contribution in [0.5, 0.6) is 5.75 Å². The van der Waals surface area contributed by atoms with Crippen molar-refractivity contribution in [3.05, 3.63) is 101 Å². The maximum absolute atomic E-state index is 13.7. The van der Waals surface area contributed by atoms with Crippen molar-refractivity contribution in [2.24, 2.45) is 5.16 Å². The first-order valence-corrected chi connectivity index (χ1v) is 10.7. The second kappa shape index (κ2) is 9.80. The highest BCUT2D eigenvalue weighted by atomic mass is 19.1. The van der Waals surface area contributed by atoms with Crippen LogP contribution in [0.2, 0.25) is 0 Å². The van der Waals surface area contributed by atoms with Crippen LogP contribution in [0.3, 0.4) is 0 Å². The highest BCUT2D eigenvalue weighted by Gasteiger charge is 2.47. The van der Waals surface area contributed by atoms with Crippen LogP contribution in [0.4, 0.5) is 10.1 Å². The number of aliphatic hydroxyl groups excluding tert-OH is 1. The van der Waals surface area contributed by atoms with E-state index in [0.717, 1.165) is 5.56 Å². The summed E-state index contributed by atoms with van der Waals surface area (Å²) in [5.74, 6) is -1.86. The molecule has 0 saturated carbocycles. The summed E-state index contributed by atoms with van der Waals surface area (Å²) in [7, 11) is 2.96. The number of halogens is 1. The van der Waals surface area contributed by atoms with Crippen molar-refractivity contribution >= 4 is 28.8 Å². The van der Waals surface area contributed by atoms with Crippen LogP contribution < -0.4 is 9.64 Å². The molecule has 0 radical (unpaired) electrons. The summed E-state index contributed by atoms with van der Waals surface area (Å²) in [5.41, 5.74) is 2.57. The number of hydrogen-bond donors (Lipinski definition) is 1. The predicted octanol–water partition coefficient (Wildman–Crippen LogP) is 4.83. The first kappa shape index (κ1) is 23.7. The van der Waals surface area contributed by atoms with Crippen LogP contribution in [-0.2, 0) is 14.4 Å². The Kier molecular flexibility index (Phi) is 6.64. The first-order chi connectivity index (χ1) is 16.8. The number of aliphatic hydroxyl groups is 1. The first-order valence-electron chi connectivity index (χ1n) is 10.7. The number of carbonyl (C=O) groups excluding carboxylic acids is 2. The van der Waals surface area contributed by atoms with Crippen LogP contribution in [0.15, 0.2) is 83.5 Å². The number of nitrogens with zero attached hydrogens (tertiary/aromatic N) is 2. The SMILES string of the molecule is CO/N=C(\C)c1ccc(N2C(=O)C(=O)C(=C(O)c3ccc(OC)cc3)C2c2ccc(F)cc2)cc1. The third-order valence-electron chi connectivity index (χ3n) is 5.79. The highest BCUT2D eigenvalue weighted by Crippen LogP contribution is 2.42. The Balaban J connectivity index is 1.86. The lowest BCUT2D eigenvalue weighted by Crippen LogP contribution is -2.29. The fraction of sp³-hybridized carbons (Fsp3) is 0.148. The van der Waals surface area contributed by atoms with E-state index in [0.29, 0.717) is 28.3 Å². The molecule has 1 atom stereocenters. The summed E-state index contributed by atoms with van der Waals surface area (Å²) >= 11 is 0. The van der Waals surface area contributed by atoms with E-state index in [1.807, 2.05) is 0 Å². The van der Waals surface area contributed by atoms with Gasteiger partial charge >= 0.3 is 0 Å². The molecule has 0 spiro atoms. The summed E-state index contributed by atoms with van der Waals surface area (Å²) in [6, 6.07) is 17.8. The Labute approximate surface area is 201 Å². The van der Waals surface area contributed by atoms with Gasteiger partial charge in [0.1, 0.15) is 24.4 Å². The third kappa shape index (κ3) is 4.50. The summed E-state index contributed by atoms with van der Waals surface area (Å²) in [5, 5.41) is 15.0. The minimum atomic E-state index is -0.961. The molecule has 1 amide bonds. The number of Topliss-reactive ketones (excluding diaryl/α,β-unsaturated/α-hetero) is 1. The number of hydrogen-bond acceptors (Lipinski definition) is 6. The van der Waals surface area contributed by atoms with Crippen molar-refractivity contribution in [3.8, 4) is 5.75 Å². The molecule has 0 aliphatic carbocycles. The van der Waals surface area contributed by atoms with Crippen LogP contribution in [-0.4, -0.2) is 36.7 Å². The van der Waals surface area contributed by atoms with Gasteiger partial charge in [-0.15, -0.1) is 0 Å². The number of benzene rings is 3. The quantitative estimate of drug-likeness (QED) is 0.182. The minimum Gasteiger partial charge on any atom is -0.507 e. The van der Waals surface area contributed by atoms with E-state index in [1.54, 1.807) is 55.5 Å². The van der Waals surface area contributed by atoms with E-state index in [-0.39, 0.29) is 11.3 Å². The molecule has 1 fully saturated rings. The lowest BCUT2D eigenvalue weighted by Gasteiger charge is -2.25. The van der Waals surface area contributed by atoms with Gasteiger partial charge in [-0.3, -0.25) is 14.5 Å². The fourth-order valence-corrected chi connectivity index (χ4v) is 4.02. The molecule has 4 rings (SSSR count). The number of amides is 1. The number of ketones is 1. The molecule has 1 heterocycles. The Morgan fingerprint density at radius 3 is 2.09 bits per heavy atom. The minimum absolute atomic E-state index is 0.0898. The van der Waals surface area contributed by atoms with E-state index in [9.17, 15) is 19.1 Å². The third-order valence-corrected chi connectivity index (χ3v) is 5.79. The number of methoxy groups -OCH3 is 1. The fourth-order valence-electron chi connectivity index (χ4n) is 4.02. The number of ether oxygens (including phenoxy) is 1. The maximum Gasteiger partial charge on any atom is 0.300 e. The van der Waals surface area contributed by atoms with Crippen molar-refractivity contribution in [2.45, 2.75) is 13.0 Å². The second-order valence-corrected chi connectivity index (χ2v) is 7.86. The Hall–Kier alpha value is -4.46. The normalized spacial score (nSPS) is 17.5. The zero-order valence-corrected chi connectivity index (χ0v) is 19.4. The molecule has 1 aliphatic heterocycles. The molecule has 3 aromatic rings. The lowest BCUT2D eigenvalue weighted by atomic mass is 9.95. The molecule has 178 valence electrons. The summed E-state index contributed by atoms with van der Waals surface area (Å²) in [4.78, 5) is 32.5. The highest BCUT2D eigenvalue weighted by molar-refractivity contribution is 6.51. The Morgan fingerprint density at radius 1 is 0.914 bits per heavy atom. The molecule has 0 bridgehead atoms. The Morgan fingerprint density at radius 2 is 1.51 bits per heavy atom. The van der Waals surface area contributed by atoms with Crippen molar-refractivity contribution in [1.29, 1.82) is 0 Å². The molecule has 1 unspecified atom stereocenters. The van der Waals surface area contributed by atoms with Gasteiger partial charge in [0.2, 0.25) is 0 Å². The number of anilines is 1. The molecule has 7 nitrogen and oxygen atoms in total. The van der Waals surface area contributed by atoms with Gasteiger partial charge in [0.15, 0.2) is 0 Å². The summed E-state index contributed by atoms with van der Waals surface area (Å²) < 4.78 is 18.8. The lowest BCUT2D eigenvalue weighted by molar-refractivity contribution is -0.132. The van der Waals surface area contributed by atoms with Crippen LogP contribution in [0.1, 0.15) is 29.7 Å². The van der Waals surface area contributed by atoms with E-state index in [4.69, 9.17) is 9.57 Å². The number of carbonyl (C=O) groups is 2. The van der Waals surface area contributed by atoms with Crippen molar-refractivity contribution in [2.75, 3.05) is 19.1 Å². The maximum atomic E-state index is 13.7. The monoisotopic (exact) mass is 474 g/mol. The molecular formula is C27H23FN2O5. The van der Waals surface area contributed by atoms with Gasteiger partial charge in [-0.2, -0.15) is 0 Å². The van der Waals surface area contributed by atoms with E-state index in [2.05, 4.69) is 5.16 Å². The van der Waals surface area contributed by atoms with Gasteiger partial charge < -0.3 is 14.7 Å². The molecular weight excluding hydrogens is 451 g/mol. The molecule has 3 aromatic carbocycles. The van der Waals surface area contributed by atoms with Crippen molar-refractivity contribution < 1.29 is 28.7 Å². The number of rotatable bonds is 6. The van der Waals surface area contributed by atoms with Gasteiger partial charge in [-0.25, -0.2) is 4.39 Å². The van der Waals surface area contributed by atoms with Crippen LogP contribution >= 0.6 is 0 Å². The zero-order chi connectivity index (χ0) is 25.1. The van der Waals surface area contributed by atoms with Gasteiger partial charge in [0, 0.05) is 11.3 Å². The van der Waals surface area contributed by atoms with Gasteiger partial charge in [0.05, 0.1) is 24.4 Å². The average molecular weight is 474 g/mol. The molecule has 0 aromatic heterocycles. The van der Waals surface area contributed by atoms with E-state index < -0.39 is 23.5 Å². The van der Waals surface area contributed by atoms with Crippen molar-refractivity contribution in [3.63, 3.8) is 0 Å².